The molecule has 1 rings (SSSR count). The van der Waals surface area contributed by atoms with E-state index in [4.69, 9.17) is 9.84 Å². The summed E-state index contributed by atoms with van der Waals surface area (Å²) in [7, 11) is 1.89. The van der Waals surface area contributed by atoms with E-state index in [2.05, 4.69) is 0 Å². The van der Waals surface area contributed by atoms with Gasteiger partial charge >= 0.3 is 0 Å². The lowest BCUT2D eigenvalue weighted by molar-refractivity contribution is -0.0839. The van der Waals surface area contributed by atoms with Crippen molar-refractivity contribution in [3.8, 4) is 0 Å². The zero-order valence-electron chi connectivity index (χ0n) is 6.37. The second-order valence-corrected chi connectivity index (χ2v) is 3.15. The summed E-state index contributed by atoms with van der Waals surface area (Å²) < 4.78 is 5.31. The maximum atomic E-state index is 9.33. The van der Waals surface area contributed by atoms with Crippen LogP contribution in [0.2, 0.25) is 0 Å². The van der Waals surface area contributed by atoms with Crippen LogP contribution in [0.25, 0.3) is 0 Å². The van der Waals surface area contributed by atoms with Gasteiger partial charge in [-0.2, -0.15) is 0 Å². The molecule has 4 heteroatoms. The normalized spacial score (nSPS) is 47.9. The molecule has 0 radical (unpaired) electrons. The molecule has 0 spiro atoms. The van der Waals surface area contributed by atoms with Crippen molar-refractivity contribution in [2.75, 3.05) is 6.61 Å². The van der Waals surface area contributed by atoms with E-state index in [1.807, 2.05) is 7.85 Å². The lowest BCUT2D eigenvalue weighted by Crippen LogP contribution is -2.39. The van der Waals surface area contributed by atoms with Gasteiger partial charge < -0.3 is 14.9 Å². The van der Waals surface area contributed by atoms with Crippen LogP contribution >= 0.6 is 0 Å². The Labute approximate surface area is 61.4 Å². The quantitative estimate of drug-likeness (QED) is 0.439. The Hall–Kier alpha value is -0.0551. The number of ether oxygens (including phenoxy) is 1. The third-order valence-corrected chi connectivity index (χ3v) is 2.04. The summed E-state index contributed by atoms with van der Waals surface area (Å²) in [4.78, 5) is 0. The van der Waals surface area contributed by atoms with Crippen LogP contribution in [0.1, 0.15) is 13.3 Å². The predicted molar refractivity (Wildman–Crippen MR) is 39.5 cm³/mol. The van der Waals surface area contributed by atoms with Crippen LogP contribution in [0.5, 0.6) is 0 Å². The van der Waals surface area contributed by atoms with Crippen LogP contribution in [0.4, 0.5) is 0 Å². The second-order valence-electron chi connectivity index (χ2n) is 3.15. The van der Waals surface area contributed by atoms with E-state index in [1.165, 1.54) is 0 Å². The number of aliphatic hydroxyl groups is 2. The largest absolute Gasteiger partial charge is 0.393 e. The summed E-state index contributed by atoms with van der Waals surface area (Å²) in [5.74, 6) is 0. The molecule has 1 aliphatic rings. The van der Waals surface area contributed by atoms with Crippen molar-refractivity contribution in [1.29, 1.82) is 0 Å². The highest BCUT2D eigenvalue weighted by atomic mass is 16.5. The summed E-state index contributed by atoms with van der Waals surface area (Å²) in [6.45, 7) is 1.61. The molecule has 1 saturated heterocycles. The smallest absolute Gasteiger partial charge is 0.139 e. The van der Waals surface area contributed by atoms with Crippen molar-refractivity contribution >= 4 is 7.85 Å². The molecular formula is C6H13BO3. The minimum atomic E-state index is -0.723. The van der Waals surface area contributed by atoms with Crippen molar-refractivity contribution in [3.05, 3.63) is 0 Å². The minimum absolute atomic E-state index is 0.0622. The summed E-state index contributed by atoms with van der Waals surface area (Å²) in [6.07, 6.45) is 0.101. The third kappa shape index (κ3) is 1.19. The molecule has 0 aromatic heterocycles. The van der Waals surface area contributed by atoms with Crippen LogP contribution in [0.15, 0.2) is 0 Å². The Balaban J connectivity index is 2.61. The van der Waals surface area contributed by atoms with Crippen LogP contribution in [-0.2, 0) is 4.74 Å². The minimum Gasteiger partial charge on any atom is -0.393 e. The summed E-state index contributed by atoms with van der Waals surface area (Å²) >= 11 is 0. The molecule has 0 bridgehead atoms. The highest BCUT2D eigenvalue weighted by molar-refractivity contribution is 6.11. The van der Waals surface area contributed by atoms with Gasteiger partial charge in [-0.1, -0.05) is 0 Å². The Morgan fingerprint density at radius 2 is 2.40 bits per heavy atom. The second kappa shape index (κ2) is 2.53. The van der Waals surface area contributed by atoms with Crippen molar-refractivity contribution < 1.29 is 14.9 Å². The van der Waals surface area contributed by atoms with Crippen molar-refractivity contribution in [2.24, 2.45) is 0 Å². The lowest BCUT2D eigenvalue weighted by Gasteiger charge is -2.24. The predicted octanol–water partition coefficient (Wildman–Crippen LogP) is -1.52. The van der Waals surface area contributed by atoms with Gasteiger partial charge in [0.1, 0.15) is 13.4 Å². The molecule has 3 nitrogen and oxygen atoms in total. The molecule has 1 fully saturated rings. The Morgan fingerprint density at radius 3 is 2.60 bits per heavy atom. The van der Waals surface area contributed by atoms with Gasteiger partial charge in [0.2, 0.25) is 0 Å². The molecule has 1 heterocycles. The van der Waals surface area contributed by atoms with Gasteiger partial charge in [0.05, 0.1) is 12.7 Å². The molecule has 2 N–H and O–H groups in total. The van der Waals surface area contributed by atoms with E-state index in [0.29, 0.717) is 6.42 Å². The zero-order chi connectivity index (χ0) is 7.78. The zero-order valence-corrected chi connectivity index (χ0v) is 6.37. The van der Waals surface area contributed by atoms with Crippen LogP contribution in [0, 0.1) is 0 Å². The van der Waals surface area contributed by atoms with E-state index in [9.17, 15) is 5.11 Å². The highest BCUT2D eigenvalue weighted by Gasteiger charge is 2.41. The Kier molecular flexibility index (Phi) is 2.03. The average Bonchev–Trinajstić information content (AvgIpc) is 2.09. The molecule has 0 unspecified atom stereocenters. The van der Waals surface area contributed by atoms with Gasteiger partial charge in [-0.05, 0) is 13.3 Å². The molecule has 0 aromatic carbocycles. The topological polar surface area (TPSA) is 49.7 Å². The first kappa shape index (κ1) is 8.05. The molecule has 0 aliphatic carbocycles. The molecule has 1 aliphatic heterocycles. The van der Waals surface area contributed by atoms with Crippen LogP contribution in [0.3, 0.4) is 0 Å². The number of rotatable bonds is 1. The fraction of sp³-hybridized carbons (Fsp3) is 1.00. The molecule has 10 heavy (non-hydrogen) atoms. The molecule has 0 saturated carbocycles. The molecule has 3 atom stereocenters. The van der Waals surface area contributed by atoms with Crippen molar-refractivity contribution in [1.82, 2.24) is 0 Å². The lowest BCUT2D eigenvalue weighted by atomic mass is 9.93. The fourth-order valence-electron chi connectivity index (χ4n) is 1.29. The van der Waals surface area contributed by atoms with E-state index in [1.54, 1.807) is 6.92 Å². The maximum absolute atomic E-state index is 9.33. The average molecular weight is 144 g/mol. The summed E-state index contributed by atoms with van der Waals surface area (Å²) in [5.41, 5.74) is -0.723. The first-order valence-corrected chi connectivity index (χ1v) is 3.55. The maximum Gasteiger partial charge on any atom is 0.139 e. The number of hydrogen-bond donors (Lipinski definition) is 2. The van der Waals surface area contributed by atoms with Gasteiger partial charge in [0.15, 0.2) is 0 Å². The van der Waals surface area contributed by atoms with Crippen LogP contribution < -0.4 is 0 Å². The van der Waals surface area contributed by atoms with Gasteiger partial charge in [-0.15, -0.1) is 0 Å². The van der Waals surface area contributed by atoms with E-state index in [0.717, 1.165) is 0 Å². The van der Waals surface area contributed by atoms with Crippen molar-refractivity contribution in [2.45, 2.75) is 31.1 Å². The Bertz CT molecular complexity index is 130. The standard InChI is InChI=1S/C6H13BO3/c1-6(3-8)4(9)2-5(7)10-6/h4-5,8-9H,2-3,7H2,1H3/t4-,5+,6+/m0/s1. The van der Waals surface area contributed by atoms with Crippen molar-refractivity contribution in [3.63, 3.8) is 0 Å². The SMILES string of the molecule is B[C@H]1C[C@H](O)[C@@](C)(CO)O1. The summed E-state index contributed by atoms with van der Waals surface area (Å²) in [5, 5.41) is 18.2. The number of hydrogen-bond acceptors (Lipinski definition) is 3. The van der Waals surface area contributed by atoms with Crippen LogP contribution in [-0.4, -0.2) is 42.4 Å². The molecule has 0 amide bonds. The fourth-order valence-corrected chi connectivity index (χ4v) is 1.29. The highest BCUT2D eigenvalue weighted by Crippen LogP contribution is 2.28. The van der Waals surface area contributed by atoms with E-state index >= 15 is 0 Å². The summed E-state index contributed by atoms with van der Waals surface area (Å²) in [6, 6.07) is 0.0622. The van der Waals surface area contributed by atoms with Gasteiger partial charge in [-0.25, -0.2) is 0 Å². The van der Waals surface area contributed by atoms with Gasteiger partial charge in [0, 0.05) is 6.00 Å². The monoisotopic (exact) mass is 144 g/mol. The molecule has 58 valence electrons. The first-order chi connectivity index (χ1) is 4.58. The molecule has 0 aromatic rings. The first-order valence-electron chi connectivity index (χ1n) is 3.55. The van der Waals surface area contributed by atoms with E-state index in [-0.39, 0.29) is 12.6 Å². The number of aliphatic hydroxyl groups excluding tert-OH is 2. The van der Waals surface area contributed by atoms with Gasteiger partial charge in [-0.3, -0.25) is 0 Å². The molecular weight excluding hydrogens is 131 g/mol. The third-order valence-electron chi connectivity index (χ3n) is 2.04. The van der Waals surface area contributed by atoms with Gasteiger partial charge in [0.25, 0.3) is 0 Å². The Morgan fingerprint density at radius 1 is 1.80 bits per heavy atom. The van der Waals surface area contributed by atoms with E-state index < -0.39 is 11.7 Å².